The molecule has 0 aliphatic rings. The maximum absolute atomic E-state index is 12.3. The molecule has 1 unspecified atom stereocenters. The molecule has 0 spiro atoms. The van der Waals surface area contributed by atoms with Gasteiger partial charge in [-0.2, -0.15) is 0 Å². The second-order valence-electron chi connectivity index (χ2n) is 6.97. The number of hydrogen-bond acceptors (Lipinski definition) is 6. The van der Waals surface area contributed by atoms with E-state index in [4.69, 9.17) is 26.4 Å². The third-order valence-corrected chi connectivity index (χ3v) is 4.71. The van der Waals surface area contributed by atoms with Gasteiger partial charge < -0.3 is 14.2 Å². The normalized spacial score (nSPS) is 11.2. The van der Waals surface area contributed by atoms with Crippen LogP contribution in [0.25, 0.3) is 0 Å². The van der Waals surface area contributed by atoms with Crippen molar-refractivity contribution in [1.82, 2.24) is 16.2 Å². The molecule has 8 nitrogen and oxygen atoms in total. The zero-order valence-corrected chi connectivity index (χ0v) is 19.5. The monoisotopic (exact) mass is 459 g/mol. The van der Waals surface area contributed by atoms with Crippen molar-refractivity contribution in [3.05, 3.63) is 59.2 Å². The van der Waals surface area contributed by atoms with Crippen molar-refractivity contribution in [2.45, 2.75) is 33.8 Å². The van der Waals surface area contributed by atoms with Crippen molar-refractivity contribution in [3.63, 3.8) is 0 Å². The second-order valence-corrected chi connectivity index (χ2v) is 7.38. The Bertz CT molecular complexity index is 934. The Labute approximate surface area is 193 Å². The van der Waals surface area contributed by atoms with E-state index in [0.29, 0.717) is 36.9 Å². The fourth-order valence-corrected chi connectivity index (χ4v) is 2.68. The average molecular weight is 460 g/mol. The Balaban J connectivity index is 1.75. The molecule has 0 heterocycles. The quantitative estimate of drug-likeness (QED) is 0.301. The molecule has 0 aliphatic heterocycles. The number of benzene rings is 2. The summed E-state index contributed by atoms with van der Waals surface area (Å²) < 4.78 is 16.4. The Hall–Kier alpha value is -3.17. The van der Waals surface area contributed by atoms with E-state index in [1.165, 1.54) is 0 Å². The van der Waals surface area contributed by atoms with Crippen LogP contribution < -0.4 is 25.6 Å². The smallest absolute Gasteiger partial charge is 0.279 e. The van der Waals surface area contributed by atoms with Crippen molar-refractivity contribution in [1.29, 1.82) is 0 Å². The first-order valence-corrected chi connectivity index (χ1v) is 10.7. The number of aryl methyl sites for hydroxylation is 2. The summed E-state index contributed by atoms with van der Waals surface area (Å²) in [6.45, 7) is 9.07. The molecule has 0 saturated carbocycles. The molecule has 0 saturated heterocycles. The van der Waals surface area contributed by atoms with E-state index >= 15 is 0 Å². The molecule has 0 bridgehead atoms. The van der Waals surface area contributed by atoms with E-state index in [1.54, 1.807) is 37.3 Å². The number of hydrazine groups is 1. The third-order valence-electron chi connectivity index (χ3n) is 4.50. The van der Waals surface area contributed by atoms with E-state index in [9.17, 15) is 9.59 Å². The summed E-state index contributed by atoms with van der Waals surface area (Å²) in [6.07, 6.45) is -0.765. The summed E-state index contributed by atoms with van der Waals surface area (Å²) in [5.41, 5.74) is 7.53. The fraction of sp³-hybridized carbons (Fsp3) is 0.348. The van der Waals surface area contributed by atoms with Crippen molar-refractivity contribution < 1.29 is 23.8 Å². The maximum Gasteiger partial charge on any atom is 0.279 e. The number of amides is 2. The fourth-order valence-electron chi connectivity index (χ4n) is 2.54. The minimum Gasteiger partial charge on any atom is -0.491 e. The number of carbonyl (C=O) groups excluding carboxylic acids is 2. The number of rotatable bonds is 9. The lowest BCUT2D eigenvalue weighted by atomic mass is 10.1. The molecule has 0 radical (unpaired) electrons. The van der Waals surface area contributed by atoms with Crippen molar-refractivity contribution in [2.75, 3.05) is 19.8 Å². The average Bonchev–Trinajstić information content (AvgIpc) is 2.78. The van der Waals surface area contributed by atoms with Gasteiger partial charge >= 0.3 is 0 Å². The largest absolute Gasteiger partial charge is 0.491 e. The predicted molar refractivity (Wildman–Crippen MR) is 126 cm³/mol. The summed E-state index contributed by atoms with van der Waals surface area (Å²) in [5, 5.41) is 2.46. The SMILES string of the molecule is CCOCCOc1ccc(C(=O)NC(=S)NNC(=O)C(C)Oc2ccc(C)c(C)c2)cc1. The van der Waals surface area contributed by atoms with Gasteiger partial charge in [0, 0.05) is 12.2 Å². The van der Waals surface area contributed by atoms with Crippen LogP contribution in [0, 0.1) is 13.8 Å². The molecule has 172 valence electrons. The molecule has 3 N–H and O–H groups in total. The molecule has 2 rings (SSSR count). The molecular weight excluding hydrogens is 430 g/mol. The van der Waals surface area contributed by atoms with Gasteiger partial charge in [-0.1, -0.05) is 6.07 Å². The zero-order chi connectivity index (χ0) is 23.5. The topological polar surface area (TPSA) is 97.9 Å². The molecule has 32 heavy (non-hydrogen) atoms. The van der Waals surface area contributed by atoms with Gasteiger partial charge in [0.25, 0.3) is 11.8 Å². The first-order chi connectivity index (χ1) is 15.3. The van der Waals surface area contributed by atoms with Gasteiger partial charge in [-0.3, -0.25) is 25.8 Å². The van der Waals surface area contributed by atoms with Crippen LogP contribution in [0.1, 0.15) is 35.3 Å². The van der Waals surface area contributed by atoms with Gasteiger partial charge in [-0.25, -0.2) is 0 Å². The molecule has 0 aromatic heterocycles. The lowest BCUT2D eigenvalue weighted by molar-refractivity contribution is -0.127. The van der Waals surface area contributed by atoms with Gasteiger partial charge in [0.2, 0.25) is 0 Å². The van der Waals surface area contributed by atoms with E-state index in [2.05, 4.69) is 16.2 Å². The van der Waals surface area contributed by atoms with Crippen LogP contribution in [-0.2, 0) is 9.53 Å². The second kappa shape index (κ2) is 12.6. The van der Waals surface area contributed by atoms with Gasteiger partial charge in [0.05, 0.1) is 6.61 Å². The third kappa shape index (κ3) is 8.16. The lowest BCUT2D eigenvalue weighted by Gasteiger charge is -2.17. The first kappa shape index (κ1) is 25.1. The molecule has 2 aromatic carbocycles. The minimum atomic E-state index is -0.765. The molecular formula is C23H29N3O5S. The summed E-state index contributed by atoms with van der Waals surface area (Å²) in [6, 6.07) is 12.2. The molecule has 1 atom stereocenters. The number of hydrogen-bond donors (Lipinski definition) is 3. The molecule has 0 fully saturated rings. The summed E-state index contributed by atoms with van der Waals surface area (Å²) in [5.74, 6) is 0.370. The van der Waals surface area contributed by atoms with Crippen LogP contribution >= 0.6 is 12.2 Å². The summed E-state index contributed by atoms with van der Waals surface area (Å²) in [4.78, 5) is 24.5. The van der Waals surface area contributed by atoms with E-state index in [-0.39, 0.29) is 5.11 Å². The van der Waals surface area contributed by atoms with Crippen LogP contribution in [0.15, 0.2) is 42.5 Å². The molecule has 2 amide bonds. The van der Waals surface area contributed by atoms with E-state index in [0.717, 1.165) is 11.1 Å². The Kier molecular flexibility index (Phi) is 9.90. The zero-order valence-electron chi connectivity index (χ0n) is 18.7. The van der Waals surface area contributed by atoms with Gasteiger partial charge in [0.1, 0.15) is 18.1 Å². The van der Waals surface area contributed by atoms with Crippen molar-refractivity contribution in [2.24, 2.45) is 0 Å². The summed E-state index contributed by atoms with van der Waals surface area (Å²) in [7, 11) is 0. The highest BCUT2D eigenvalue weighted by Crippen LogP contribution is 2.17. The highest BCUT2D eigenvalue weighted by atomic mass is 32.1. The molecule has 0 aliphatic carbocycles. The number of carbonyl (C=O) groups is 2. The lowest BCUT2D eigenvalue weighted by Crippen LogP contribution is -2.51. The first-order valence-electron chi connectivity index (χ1n) is 10.3. The van der Waals surface area contributed by atoms with Crippen LogP contribution in [0.2, 0.25) is 0 Å². The number of thiocarbonyl (C=S) groups is 1. The Morgan fingerprint density at radius 2 is 1.66 bits per heavy atom. The van der Waals surface area contributed by atoms with Gasteiger partial charge in [-0.15, -0.1) is 0 Å². The van der Waals surface area contributed by atoms with Crippen LogP contribution in [0.4, 0.5) is 0 Å². The summed E-state index contributed by atoms with van der Waals surface area (Å²) >= 11 is 5.07. The minimum absolute atomic E-state index is 0.0428. The van der Waals surface area contributed by atoms with E-state index < -0.39 is 17.9 Å². The number of ether oxygens (including phenoxy) is 3. The van der Waals surface area contributed by atoms with E-state index in [1.807, 2.05) is 32.9 Å². The Morgan fingerprint density at radius 3 is 2.31 bits per heavy atom. The maximum atomic E-state index is 12.3. The van der Waals surface area contributed by atoms with Crippen LogP contribution in [0.5, 0.6) is 11.5 Å². The highest BCUT2D eigenvalue weighted by molar-refractivity contribution is 7.80. The molecule has 2 aromatic rings. The van der Waals surface area contributed by atoms with Gasteiger partial charge in [0.15, 0.2) is 11.2 Å². The standard InChI is InChI=1S/C23H29N3O5S/c1-5-29-12-13-30-19-10-7-18(8-11-19)22(28)24-23(32)26-25-21(27)17(4)31-20-9-6-15(2)16(3)14-20/h6-11,14,17H,5,12-13H2,1-4H3,(H,25,27)(H2,24,26,28,32). The highest BCUT2D eigenvalue weighted by Gasteiger charge is 2.16. The van der Waals surface area contributed by atoms with Crippen molar-refractivity contribution >= 4 is 29.1 Å². The number of nitrogens with one attached hydrogen (secondary N) is 3. The van der Waals surface area contributed by atoms with Gasteiger partial charge in [-0.05, 0) is 87.4 Å². The predicted octanol–water partition coefficient (Wildman–Crippen LogP) is 2.82. The van der Waals surface area contributed by atoms with Crippen LogP contribution in [-0.4, -0.2) is 42.9 Å². The molecule has 9 heteroatoms. The van der Waals surface area contributed by atoms with Crippen LogP contribution in [0.3, 0.4) is 0 Å². The van der Waals surface area contributed by atoms with Crippen molar-refractivity contribution in [3.8, 4) is 11.5 Å². The Morgan fingerprint density at radius 1 is 0.969 bits per heavy atom.